The van der Waals surface area contributed by atoms with Crippen LogP contribution in [0.4, 0.5) is 0 Å². The van der Waals surface area contributed by atoms with Crippen molar-refractivity contribution < 1.29 is 0 Å². The second-order valence-corrected chi connectivity index (χ2v) is 12.1. The largest absolute Gasteiger partial charge is 0.308 e. The second kappa shape index (κ2) is 12.7. The normalized spacial score (nSPS) is 11.1. The maximum Gasteiger partial charge on any atom is 0.164 e. The van der Waals surface area contributed by atoms with Crippen LogP contribution >= 0.6 is 11.3 Å². The molecule has 3 heterocycles. The maximum atomic E-state index is 5.06. The molecule has 0 amide bonds. The molecule has 0 saturated heterocycles. The molecule has 3 aromatic heterocycles. The topological polar surface area (TPSA) is 56.5 Å². The molecule has 0 spiro atoms. The van der Waals surface area contributed by atoms with Crippen LogP contribution in [0, 0.1) is 0 Å². The van der Waals surface area contributed by atoms with Gasteiger partial charge >= 0.3 is 0 Å². The molecule has 0 atom stereocenters. The molecule has 0 unspecified atom stereocenters. The van der Waals surface area contributed by atoms with Gasteiger partial charge in [0.25, 0.3) is 0 Å². The molecular formula is C42H31N5S. The minimum absolute atomic E-state index is 0.629. The molecular weight excluding hydrogens is 607 g/mol. The molecule has 6 aromatic carbocycles. The van der Waals surface area contributed by atoms with Crippen LogP contribution in [0.1, 0.15) is 13.8 Å². The first-order valence-corrected chi connectivity index (χ1v) is 17.0. The fraction of sp³-hybridized carbons (Fsp3) is 0.0476. The standard InChI is InChI=1S/C40H25N5S.C2H6/c1-4-13-26(14-5-1)37-42-38(27-15-6-2-7-16-27)44-39(43-37)29-19-12-20-30(25-29)45-34-22-11-10-21-31(34)32-23-24-33-36(35(32)45)46-40(41-33)28-17-8-3-9-18-28;1-2/h1-25H;1-2H3. The Labute approximate surface area is 282 Å². The van der Waals surface area contributed by atoms with E-state index in [1.807, 2.05) is 80.6 Å². The van der Waals surface area contributed by atoms with Gasteiger partial charge in [0.2, 0.25) is 0 Å². The molecule has 230 valence electrons. The summed E-state index contributed by atoms with van der Waals surface area (Å²) in [5.41, 5.74) is 8.26. The Balaban J connectivity index is 0.00000165. The molecule has 0 aliphatic heterocycles. The third kappa shape index (κ3) is 5.22. The number of benzene rings is 6. The van der Waals surface area contributed by atoms with Crippen molar-refractivity contribution in [3.05, 3.63) is 152 Å². The fourth-order valence-electron chi connectivity index (χ4n) is 6.13. The summed E-state index contributed by atoms with van der Waals surface area (Å²) in [6, 6.07) is 52.0. The Bertz CT molecular complexity index is 2460. The van der Waals surface area contributed by atoms with Crippen LogP contribution in [0.3, 0.4) is 0 Å². The highest BCUT2D eigenvalue weighted by Crippen LogP contribution is 2.41. The van der Waals surface area contributed by atoms with Crippen molar-refractivity contribution in [2.45, 2.75) is 13.8 Å². The molecule has 9 aromatic rings. The Morgan fingerprint density at radius 3 is 1.65 bits per heavy atom. The summed E-state index contributed by atoms with van der Waals surface area (Å²) in [5, 5.41) is 3.42. The minimum Gasteiger partial charge on any atom is -0.308 e. The summed E-state index contributed by atoms with van der Waals surface area (Å²) in [7, 11) is 0. The van der Waals surface area contributed by atoms with Gasteiger partial charge in [0, 0.05) is 38.7 Å². The van der Waals surface area contributed by atoms with Crippen molar-refractivity contribution in [3.8, 4) is 50.4 Å². The van der Waals surface area contributed by atoms with Gasteiger partial charge in [-0.3, -0.25) is 0 Å². The van der Waals surface area contributed by atoms with E-state index in [9.17, 15) is 0 Å². The van der Waals surface area contributed by atoms with E-state index < -0.39 is 0 Å². The maximum absolute atomic E-state index is 5.06. The first-order valence-electron chi connectivity index (χ1n) is 16.2. The van der Waals surface area contributed by atoms with Gasteiger partial charge in [-0.15, -0.1) is 11.3 Å². The molecule has 0 aliphatic carbocycles. The zero-order chi connectivity index (χ0) is 32.5. The van der Waals surface area contributed by atoms with E-state index >= 15 is 0 Å². The summed E-state index contributed by atoms with van der Waals surface area (Å²) in [6.07, 6.45) is 0. The number of nitrogens with zero attached hydrogens (tertiary/aromatic N) is 5. The van der Waals surface area contributed by atoms with Crippen LogP contribution in [0.25, 0.3) is 82.4 Å². The monoisotopic (exact) mass is 637 g/mol. The quantitative estimate of drug-likeness (QED) is 0.188. The van der Waals surface area contributed by atoms with E-state index in [2.05, 4.69) is 89.5 Å². The lowest BCUT2D eigenvalue weighted by Gasteiger charge is -2.12. The van der Waals surface area contributed by atoms with E-state index in [1.54, 1.807) is 11.3 Å². The van der Waals surface area contributed by atoms with Gasteiger partial charge in [0.05, 0.1) is 21.3 Å². The summed E-state index contributed by atoms with van der Waals surface area (Å²) in [5.74, 6) is 1.92. The second-order valence-electron chi connectivity index (χ2n) is 11.1. The number of aromatic nitrogens is 5. The van der Waals surface area contributed by atoms with Crippen molar-refractivity contribution in [1.82, 2.24) is 24.5 Å². The SMILES string of the molecule is CC.c1ccc(-c2nc(-c3ccccc3)nc(-c3cccc(-n4c5ccccc5c5ccc6nc(-c7ccccc7)sc6c54)c3)n2)cc1. The Morgan fingerprint density at radius 1 is 0.458 bits per heavy atom. The van der Waals surface area contributed by atoms with Gasteiger partial charge in [-0.25, -0.2) is 19.9 Å². The molecule has 5 nitrogen and oxygen atoms in total. The lowest BCUT2D eigenvalue weighted by atomic mass is 10.1. The highest BCUT2D eigenvalue weighted by molar-refractivity contribution is 7.22. The van der Waals surface area contributed by atoms with E-state index in [4.69, 9.17) is 19.9 Å². The van der Waals surface area contributed by atoms with Gasteiger partial charge in [-0.2, -0.15) is 0 Å². The van der Waals surface area contributed by atoms with Crippen molar-refractivity contribution in [1.29, 1.82) is 0 Å². The Morgan fingerprint density at radius 2 is 1.00 bits per heavy atom. The molecule has 0 bridgehead atoms. The predicted octanol–water partition coefficient (Wildman–Crippen LogP) is 11.3. The Kier molecular flexibility index (Phi) is 7.76. The van der Waals surface area contributed by atoms with E-state index in [0.29, 0.717) is 17.5 Å². The molecule has 0 saturated carbocycles. The average Bonchev–Trinajstić information content (AvgIpc) is 3.76. The number of fused-ring (bicyclic) bond motifs is 5. The molecule has 0 radical (unpaired) electrons. The zero-order valence-corrected chi connectivity index (χ0v) is 27.4. The molecule has 0 N–H and O–H groups in total. The number of hydrogen-bond acceptors (Lipinski definition) is 5. The molecule has 0 fully saturated rings. The van der Waals surface area contributed by atoms with Gasteiger partial charge in [-0.1, -0.05) is 135 Å². The number of hydrogen-bond donors (Lipinski definition) is 0. The fourth-order valence-corrected chi connectivity index (χ4v) is 7.24. The van der Waals surface area contributed by atoms with Crippen molar-refractivity contribution >= 4 is 43.4 Å². The first kappa shape index (κ1) is 29.4. The molecule has 48 heavy (non-hydrogen) atoms. The van der Waals surface area contributed by atoms with Crippen LogP contribution in [0.15, 0.2) is 152 Å². The van der Waals surface area contributed by atoms with Crippen LogP contribution in [-0.2, 0) is 0 Å². The van der Waals surface area contributed by atoms with Gasteiger partial charge in [-0.05, 0) is 30.3 Å². The highest BCUT2D eigenvalue weighted by atomic mass is 32.1. The highest BCUT2D eigenvalue weighted by Gasteiger charge is 2.19. The van der Waals surface area contributed by atoms with Crippen LogP contribution in [0.5, 0.6) is 0 Å². The molecule has 0 aliphatic rings. The smallest absolute Gasteiger partial charge is 0.164 e. The minimum atomic E-state index is 0.629. The van der Waals surface area contributed by atoms with Gasteiger partial charge in [0.15, 0.2) is 17.5 Å². The van der Waals surface area contributed by atoms with Gasteiger partial charge < -0.3 is 4.57 Å². The lowest BCUT2D eigenvalue weighted by molar-refractivity contribution is 1.07. The van der Waals surface area contributed by atoms with Crippen LogP contribution in [0.2, 0.25) is 0 Å². The third-order valence-electron chi connectivity index (χ3n) is 8.27. The summed E-state index contributed by atoms with van der Waals surface area (Å²) < 4.78 is 3.52. The van der Waals surface area contributed by atoms with E-state index in [-0.39, 0.29) is 0 Å². The van der Waals surface area contributed by atoms with Crippen LogP contribution in [-0.4, -0.2) is 24.5 Å². The lowest BCUT2D eigenvalue weighted by Crippen LogP contribution is -2.01. The summed E-state index contributed by atoms with van der Waals surface area (Å²) in [4.78, 5) is 19.9. The molecule has 6 heteroatoms. The Hall–Kier alpha value is -5.98. The van der Waals surface area contributed by atoms with Gasteiger partial charge in [0.1, 0.15) is 5.01 Å². The molecule has 9 rings (SSSR count). The number of rotatable bonds is 5. The summed E-state index contributed by atoms with van der Waals surface area (Å²) in [6.45, 7) is 4.00. The first-order chi connectivity index (χ1) is 23.8. The number of para-hydroxylation sites is 1. The third-order valence-corrected chi connectivity index (χ3v) is 9.40. The van der Waals surface area contributed by atoms with Crippen molar-refractivity contribution in [2.24, 2.45) is 0 Å². The average molecular weight is 638 g/mol. The van der Waals surface area contributed by atoms with Crippen molar-refractivity contribution in [3.63, 3.8) is 0 Å². The van der Waals surface area contributed by atoms with Crippen molar-refractivity contribution in [2.75, 3.05) is 0 Å². The summed E-state index contributed by atoms with van der Waals surface area (Å²) >= 11 is 1.74. The van der Waals surface area contributed by atoms with E-state index in [0.717, 1.165) is 54.2 Å². The predicted molar refractivity (Wildman–Crippen MR) is 200 cm³/mol. The van der Waals surface area contributed by atoms with E-state index in [1.165, 1.54) is 10.8 Å². The zero-order valence-electron chi connectivity index (χ0n) is 26.6. The number of thiazole rings is 1. The van der Waals surface area contributed by atoms with Crippen LogP contribution < -0.4 is 0 Å².